The van der Waals surface area contributed by atoms with Gasteiger partial charge in [-0.25, -0.2) is 4.79 Å². The second kappa shape index (κ2) is 3.84. The van der Waals surface area contributed by atoms with Crippen molar-refractivity contribution in [3.63, 3.8) is 0 Å². The van der Waals surface area contributed by atoms with Crippen molar-refractivity contribution >= 4 is 5.97 Å². The Hall–Kier alpha value is -1.35. The van der Waals surface area contributed by atoms with Crippen LogP contribution in [0.25, 0.3) is 0 Å². The van der Waals surface area contributed by atoms with Gasteiger partial charge in [-0.3, -0.25) is 0 Å². The van der Waals surface area contributed by atoms with E-state index in [1.165, 1.54) is 7.11 Å². The van der Waals surface area contributed by atoms with Crippen molar-refractivity contribution in [1.29, 1.82) is 0 Å². The van der Waals surface area contributed by atoms with Gasteiger partial charge >= 0.3 is 5.97 Å². The molecule has 2 N–H and O–H groups in total. The van der Waals surface area contributed by atoms with E-state index in [1.54, 1.807) is 6.07 Å². The monoisotopic (exact) mass is 233 g/mol. The first-order valence-electron chi connectivity index (χ1n) is 5.86. The molecular weight excluding hydrogens is 214 g/mol. The molecule has 0 radical (unpaired) electrons. The number of nitrogens with two attached hydrogens (primary N) is 1. The molecule has 0 amide bonds. The average molecular weight is 233 g/mol. The normalized spacial score (nSPS) is 25.4. The summed E-state index contributed by atoms with van der Waals surface area (Å²) in [6.45, 7) is 5.04. The van der Waals surface area contributed by atoms with Crippen LogP contribution in [-0.4, -0.2) is 19.6 Å². The maximum Gasteiger partial charge on any atom is 0.337 e. The molecule has 1 saturated carbocycles. The molecule has 0 aliphatic heterocycles. The lowest BCUT2D eigenvalue weighted by molar-refractivity contribution is 0.0600. The van der Waals surface area contributed by atoms with Crippen LogP contribution in [0.3, 0.4) is 0 Å². The highest BCUT2D eigenvalue weighted by Gasteiger charge is 2.60. The molecule has 1 aromatic rings. The molecule has 17 heavy (non-hydrogen) atoms. The molecule has 2 rings (SSSR count). The Bertz CT molecular complexity index is 453. The summed E-state index contributed by atoms with van der Waals surface area (Å²) >= 11 is 0. The van der Waals surface area contributed by atoms with Crippen molar-refractivity contribution in [3.8, 4) is 0 Å². The predicted octanol–water partition coefficient (Wildman–Crippen LogP) is 2.10. The van der Waals surface area contributed by atoms with E-state index < -0.39 is 0 Å². The van der Waals surface area contributed by atoms with Crippen molar-refractivity contribution in [3.05, 3.63) is 35.4 Å². The van der Waals surface area contributed by atoms with E-state index in [1.807, 2.05) is 18.2 Å². The summed E-state index contributed by atoms with van der Waals surface area (Å²) in [4.78, 5) is 11.5. The zero-order valence-electron chi connectivity index (χ0n) is 10.6. The summed E-state index contributed by atoms with van der Waals surface area (Å²) < 4.78 is 4.74. The fourth-order valence-corrected chi connectivity index (χ4v) is 2.73. The molecule has 92 valence electrons. The van der Waals surface area contributed by atoms with Gasteiger partial charge in [0.1, 0.15) is 0 Å². The van der Waals surface area contributed by atoms with Gasteiger partial charge in [0.25, 0.3) is 0 Å². The quantitative estimate of drug-likeness (QED) is 0.813. The number of carbonyl (C=O) groups excluding carboxylic acids is 1. The van der Waals surface area contributed by atoms with Gasteiger partial charge in [-0.1, -0.05) is 26.0 Å². The highest BCUT2D eigenvalue weighted by molar-refractivity contribution is 5.89. The smallest absolute Gasteiger partial charge is 0.337 e. The maximum atomic E-state index is 11.5. The fraction of sp³-hybridized carbons (Fsp3) is 0.500. The highest BCUT2D eigenvalue weighted by atomic mass is 16.5. The van der Waals surface area contributed by atoms with Gasteiger partial charge < -0.3 is 10.5 Å². The van der Waals surface area contributed by atoms with E-state index in [2.05, 4.69) is 13.8 Å². The molecule has 0 saturated heterocycles. The van der Waals surface area contributed by atoms with Crippen molar-refractivity contribution < 1.29 is 9.53 Å². The Morgan fingerprint density at radius 1 is 1.47 bits per heavy atom. The second-order valence-electron chi connectivity index (χ2n) is 5.42. The van der Waals surface area contributed by atoms with Gasteiger partial charge in [-0.2, -0.15) is 0 Å². The summed E-state index contributed by atoms with van der Waals surface area (Å²) in [5.74, 6) is -0.294. The summed E-state index contributed by atoms with van der Waals surface area (Å²) in [5, 5.41) is 0. The molecule has 1 aromatic carbocycles. The molecule has 0 aromatic heterocycles. The van der Waals surface area contributed by atoms with Crippen LogP contribution in [0.4, 0.5) is 0 Å². The second-order valence-corrected chi connectivity index (χ2v) is 5.42. The Labute approximate surface area is 102 Å². The zero-order chi connectivity index (χ0) is 12.7. The minimum atomic E-state index is -0.294. The Morgan fingerprint density at radius 2 is 2.12 bits per heavy atom. The number of methoxy groups -OCH3 is 1. The first kappa shape index (κ1) is 12.1. The van der Waals surface area contributed by atoms with E-state index in [9.17, 15) is 4.79 Å². The minimum Gasteiger partial charge on any atom is -0.465 e. The number of carbonyl (C=O) groups is 1. The Balaban J connectivity index is 2.38. The van der Waals surface area contributed by atoms with E-state index in [0.717, 1.165) is 12.0 Å². The third-order valence-electron chi connectivity index (χ3n) is 4.10. The zero-order valence-corrected chi connectivity index (χ0v) is 10.6. The largest absolute Gasteiger partial charge is 0.465 e. The number of esters is 1. The van der Waals surface area contributed by atoms with Crippen LogP contribution in [0.15, 0.2) is 24.3 Å². The molecule has 0 heterocycles. The van der Waals surface area contributed by atoms with Crippen LogP contribution in [0, 0.1) is 5.41 Å². The maximum absolute atomic E-state index is 11.5. The first-order valence-corrected chi connectivity index (χ1v) is 5.86. The Morgan fingerprint density at radius 3 is 2.59 bits per heavy atom. The topological polar surface area (TPSA) is 52.3 Å². The number of hydrogen-bond acceptors (Lipinski definition) is 3. The van der Waals surface area contributed by atoms with Gasteiger partial charge in [0.15, 0.2) is 0 Å². The lowest BCUT2D eigenvalue weighted by Gasteiger charge is -2.19. The highest BCUT2D eigenvalue weighted by Crippen LogP contribution is 2.63. The third kappa shape index (κ3) is 1.75. The average Bonchev–Trinajstić information content (AvgIpc) is 2.92. The standard InChI is InChI=1S/C14H19NO2/c1-13(2)8-14(13,9-15)11-6-4-5-10(7-11)12(16)17-3/h4-7H,8-9,15H2,1-3H3. The van der Waals surface area contributed by atoms with Crippen LogP contribution in [0.5, 0.6) is 0 Å². The summed E-state index contributed by atoms with van der Waals surface area (Å²) in [7, 11) is 1.40. The molecule has 1 aliphatic carbocycles. The molecule has 3 nitrogen and oxygen atoms in total. The van der Waals surface area contributed by atoms with Gasteiger partial charge in [-0.15, -0.1) is 0 Å². The van der Waals surface area contributed by atoms with Gasteiger partial charge in [0, 0.05) is 12.0 Å². The molecule has 0 bridgehead atoms. The van der Waals surface area contributed by atoms with Crippen molar-refractivity contribution in [2.45, 2.75) is 25.7 Å². The van der Waals surface area contributed by atoms with Crippen LogP contribution >= 0.6 is 0 Å². The van der Waals surface area contributed by atoms with Gasteiger partial charge in [0.05, 0.1) is 12.7 Å². The lowest BCUT2D eigenvalue weighted by atomic mass is 9.87. The van der Waals surface area contributed by atoms with E-state index in [4.69, 9.17) is 10.5 Å². The number of ether oxygens (including phenoxy) is 1. The molecule has 1 fully saturated rings. The number of benzene rings is 1. The fourth-order valence-electron chi connectivity index (χ4n) is 2.73. The molecule has 1 atom stereocenters. The summed E-state index contributed by atoms with van der Waals surface area (Å²) in [5.41, 5.74) is 7.91. The molecule has 1 unspecified atom stereocenters. The first-order chi connectivity index (χ1) is 7.97. The molecule has 3 heteroatoms. The van der Waals surface area contributed by atoms with Crippen LogP contribution < -0.4 is 5.73 Å². The van der Waals surface area contributed by atoms with E-state index in [0.29, 0.717) is 12.1 Å². The molecular formula is C14H19NO2. The lowest BCUT2D eigenvalue weighted by Crippen LogP contribution is -2.25. The van der Waals surface area contributed by atoms with Crippen molar-refractivity contribution in [1.82, 2.24) is 0 Å². The van der Waals surface area contributed by atoms with E-state index >= 15 is 0 Å². The Kier molecular flexibility index (Phi) is 2.74. The predicted molar refractivity (Wildman–Crippen MR) is 66.9 cm³/mol. The number of hydrogen-bond donors (Lipinski definition) is 1. The number of rotatable bonds is 3. The van der Waals surface area contributed by atoms with Crippen LogP contribution in [0.2, 0.25) is 0 Å². The summed E-state index contributed by atoms with van der Waals surface area (Å²) in [6, 6.07) is 7.63. The van der Waals surface area contributed by atoms with Gasteiger partial charge in [-0.05, 0) is 29.5 Å². The SMILES string of the molecule is COC(=O)c1cccc(C2(CN)CC2(C)C)c1. The molecule has 1 aliphatic rings. The summed E-state index contributed by atoms with van der Waals surface area (Å²) in [6.07, 6.45) is 1.07. The molecule has 0 spiro atoms. The van der Waals surface area contributed by atoms with Crippen LogP contribution in [-0.2, 0) is 10.2 Å². The van der Waals surface area contributed by atoms with Crippen molar-refractivity contribution in [2.24, 2.45) is 11.1 Å². The minimum absolute atomic E-state index is 0.0248. The van der Waals surface area contributed by atoms with Crippen LogP contribution in [0.1, 0.15) is 36.2 Å². The third-order valence-corrected chi connectivity index (χ3v) is 4.10. The van der Waals surface area contributed by atoms with Crippen molar-refractivity contribution in [2.75, 3.05) is 13.7 Å². The van der Waals surface area contributed by atoms with E-state index in [-0.39, 0.29) is 16.8 Å². The van der Waals surface area contributed by atoms with Gasteiger partial charge in [0.2, 0.25) is 0 Å².